The Kier molecular flexibility index (Phi) is 2.66. The van der Waals surface area contributed by atoms with Gasteiger partial charge in [0.2, 0.25) is 0 Å². The van der Waals surface area contributed by atoms with E-state index in [1.165, 1.54) is 16.7 Å². The Bertz CT molecular complexity index is 560. The molecule has 20 heavy (non-hydrogen) atoms. The van der Waals surface area contributed by atoms with Crippen molar-refractivity contribution < 1.29 is 14.3 Å². The number of carbonyl (C=O) groups is 1. The molecule has 0 saturated carbocycles. The molecular formula is C16H19NO3. The molecule has 0 bridgehead atoms. The Morgan fingerprint density at radius 3 is 3.25 bits per heavy atom. The fraction of sp³-hybridized carbons (Fsp3) is 0.562. The Hall–Kier alpha value is -1.39. The van der Waals surface area contributed by atoms with E-state index >= 15 is 0 Å². The summed E-state index contributed by atoms with van der Waals surface area (Å²) >= 11 is 0. The van der Waals surface area contributed by atoms with Crippen molar-refractivity contribution in [3.8, 4) is 0 Å². The molecule has 3 aliphatic heterocycles. The van der Waals surface area contributed by atoms with E-state index < -0.39 is 0 Å². The van der Waals surface area contributed by atoms with Crippen molar-refractivity contribution in [2.24, 2.45) is 0 Å². The summed E-state index contributed by atoms with van der Waals surface area (Å²) in [6.45, 7) is 2.50. The maximum atomic E-state index is 11.8. The molecule has 0 fully saturated rings. The molecule has 0 saturated heterocycles. The first kappa shape index (κ1) is 12.4. The minimum Gasteiger partial charge on any atom is -0.461 e. The highest BCUT2D eigenvalue weighted by Crippen LogP contribution is 2.50. The third kappa shape index (κ3) is 1.52. The van der Waals surface area contributed by atoms with Crippen LogP contribution in [-0.4, -0.2) is 49.3 Å². The summed E-state index contributed by atoms with van der Waals surface area (Å²) in [6, 6.07) is 0. The molecule has 4 rings (SSSR count). The molecule has 4 nitrogen and oxygen atoms in total. The lowest BCUT2D eigenvalue weighted by atomic mass is 9.69. The van der Waals surface area contributed by atoms with Gasteiger partial charge in [-0.05, 0) is 23.1 Å². The zero-order valence-electron chi connectivity index (χ0n) is 11.7. The van der Waals surface area contributed by atoms with Crippen LogP contribution in [0.3, 0.4) is 0 Å². The maximum absolute atomic E-state index is 11.8. The van der Waals surface area contributed by atoms with Crippen LogP contribution in [0.25, 0.3) is 0 Å². The topological polar surface area (TPSA) is 38.8 Å². The van der Waals surface area contributed by atoms with Crippen molar-refractivity contribution in [2.45, 2.75) is 30.9 Å². The van der Waals surface area contributed by atoms with Gasteiger partial charge in [-0.1, -0.05) is 18.2 Å². The summed E-state index contributed by atoms with van der Waals surface area (Å²) in [4.78, 5) is 14.3. The van der Waals surface area contributed by atoms with Crippen LogP contribution in [-0.2, 0) is 14.3 Å². The van der Waals surface area contributed by atoms with Crippen LogP contribution >= 0.6 is 0 Å². The van der Waals surface area contributed by atoms with E-state index in [2.05, 4.69) is 23.1 Å². The molecule has 4 heteroatoms. The highest BCUT2D eigenvalue weighted by molar-refractivity contribution is 5.76. The fourth-order valence-electron chi connectivity index (χ4n) is 4.18. The lowest BCUT2D eigenvalue weighted by molar-refractivity contribution is -0.143. The van der Waals surface area contributed by atoms with Gasteiger partial charge in [0.05, 0.1) is 18.1 Å². The number of carbonyl (C=O) groups excluding carboxylic acids is 1. The van der Waals surface area contributed by atoms with E-state index in [1.54, 1.807) is 7.11 Å². The second kappa shape index (κ2) is 4.30. The zero-order chi connectivity index (χ0) is 13.7. The van der Waals surface area contributed by atoms with E-state index in [0.29, 0.717) is 13.0 Å². The highest BCUT2D eigenvalue weighted by Gasteiger charge is 2.52. The minimum absolute atomic E-state index is 0.0882. The molecule has 0 amide bonds. The van der Waals surface area contributed by atoms with E-state index in [-0.39, 0.29) is 17.6 Å². The van der Waals surface area contributed by atoms with Crippen molar-refractivity contribution in [3.63, 3.8) is 0 Å². The standard InChI is InChI=1S/C16H19NO3/c1-19-13-3-2-12-5-7-17-6-4-11-10-20-15(18)8-14(11)16(12,17)9-13/h2-3,5,13H,4,6-10H2,1H3/t13-,16-/m0/s1. The fourth-order valence-corrected chi connectivity index (χ4v) is 4.18. The Labute approximate surface area is 118 Å². The summed E-state index contributed by atoms with van der Waals surface area (Å²) in [5, 5.41) is 0. The number of hydrogen-bond donors (Lipinski definition) is 0. The van der Waals surface area contributed by atoms with Gasteiger partial charge in [0.25, 0.3) is 0 Å². The quantitative estimate of drug-likeness (QED) is 0.537. The first-order valence-electron chi connectivity index (χ1n) is 7.28. The third-order valence-electron chi connectivity index (χ3n) is 5.18. The number of rotatable bonds is 1. The third-order valence-corrected chi connectivity index (χ3v) is 5.18. The van der Waals surface area contributed by atoms with Crippen LogP contribution in [0.2, 0.25) is 0 Å². The van der Waals surface area contributed by atoms with Crippen molar-refractivity contribution in [1.29, 1.82) is 0 Å². The largest absolute Gasteiger partial charge is 0.461 e. The molecule has 106 valence electrons. The molecule has 1 aliphatic carbocycles. The predicted molar refractivity (Wildman–Crippen MR) is 74.2 cm³/mol. The van der Waals surface area contributed by atoms with Gasteiger partial charge in [-0.25, -0.2) is 0 Å². The lowest BCUT2D eigenvalue weighted by Crippen LogP contribution is -2.55. The van der Waals surface area contributed by atoms with E-state index in [4.69, 9.17) is 9.47 Å². The maximum Gasteiger partial charge on any atom is 0.310 e. The Balaban J connectivity index is 1.85. The van der Waals surface area contributed by atoms with Gasteiger partial charge in [-0.2, -0.15) is 0 Å². The highest BCUT2D eigenvalue weighted by atomic mass is 16.5. The summed E-state index contributed by atoms with van der Waals surface area (Å²) < 4.78 is 10.8. The average Bonchev–Trinajstić information content (AvgIpc) is 2.86. The van der Waals surface area contributed by atoms with E-state index in [0.717, 1.165) is 25.9 Å². The first-order chi connectivity index (χ1) is 9.74. The van der Waals surface area contributed by atoms with Gasteiger partial charge in [0, 0.05) is 26.6 Å². The molecule has 0 aromatic carbocycles. The molecule has 1 spiro atoms. The molecule has 0 N–H and O–H groups in total. The van der Waals surface area contributed by atoms with E-state index in [9.17, 15) is 4.79 Å². The van der Waals surface area contributed by atoms with E-state index in [1.807, 2.05) is 0 Å². The van der Waals surface area contributed by atoms with Gasteiger partial charge in [0.1, 0.15) is 6.61 Å². The van der Waals surface area contributed by atoms with Gasteiger partial charge in [-0.3, -0.25) is 9.69 Å². The summed E-state index contributed by atoms with van der Waals surface area (Å²) in [7, 11) is 1.76. The van der Waals surface area contributed by atoms with Crippen LogP contribution < -0.4 is 0 Å². The zero-order valence-corrected chi connectivity index (χ0v) is 11.7. The normalized spacial score (nSPS) is 36.1. The van der Waals surface area contributed by atoms with Crippen molar-refractivity contribution >= 4 is 5.97 Å². The van der Waals surface area contributed by atoms with Crippen molar-refractivity contribution in [3.05, 3.63) is 34.9 Å². The number of ether oxygens (including phenoxy) is 2. The second-order valence-corrected chi connectivity index (χ2v) is 5.97. The minimum atomic E-state index is -0.109. The molecule has 0 radical (unpaired) electrons. The van der Waals surface area contributed by atoms with Crippen LogP contribution in [0.1, 0.15) is 19.3 Å². The molecule has 4 aliphatic rings. The summed E-state index contributed by atoms with van der Waals surface area (Å²) in [6.07, 6.45) is 9.12. The first-order valence-corrected chi connectivity index (χ1v) is 7.28. The number of esters is 1. The van der Waals surface area contributed by atoms with Gasteiger partial charge < -0.3 is 9.47 Å². The number of methoxy groups -OCH3 is 1. The summed E-state index contributed by atoms with van der Waals surface area (Å²) in [5.74, 6) is -0.0882. The predicted octanol–water partition coefficient (Wildman–Crippen LogP) is 1.59. The molecule has 3 heterocycles. The van der Waals surface area contributed by atoms with Crippen molar-refractivity contribution in [2.75, 3.05) is 26.8 Å². The smallest absolute Gasteiger partial charge is 0.310 e. The SMILES string of the molecule is CO[C@H]1C=CC2=CCN3CCC4=C(CC(=O)OC4)[C@]23C1. The second-order valence-electron chi connectivity index (χ2n) is 5.97. The average molecular weight is 273 g/mol. The number of cyclic esters (lactones) is 1. The monoisotopic (exact) mass is 273 g/mol. The number of nitrogens with zero attached hydrogens (tertiary/aromatic N) is 1. The van der Waals surface area contributed by atoms with Crippen LogP contribution in [0.5, 0.6) is 0 Å². The van der Waals surface area contributed by atoms with Crippen molar-refractivity contribution in [1.82, 2.24) is 4.90 Å². The molecule has 2 atom stereocenters. The van der Waals surface area contributed by atoms with Gasteiger partial charge in [0.15, 0.2) is 0 Å². The van der Waals surface area contributed by atoms with Crippen LogP contribution in [0, 0.1) is 0 Å². The Morgan fingerprint density at radius 2 is 2.40 bits per heavy atom. The Morgan fingerprint density at radius 1 is 1.50 bits per heavy atom. The molecular weight excluding hydrogens is 254 g/mol. The summed E-state index contributed by atoms with van der Waals surface area (Å²) in [5.41, 5.74) is 3.85. The van der Waals surface area contributed by atoms with Gasteiger partial charge >= 0.3 is 5.97 Å². The number of hydrogen-bond acceptors (Lipinski definition) is 4. The van der Waals surface area contributed by atoms with Crippen LogP contribution in [0.15, 0.2) is 34.9 Å². The molecule has 0 aromatic heterocycles. The molecule has 0 unspecified atom stereocenters. The van der Waals surface area contributed by atoms with Crippen LogP contribution in [0.4, 0.5) is 0 Å². The van der Waals surface area contributed by atoms with Gasteiger partial charge in [-0.15, -0.1) is 0 Å². The lowest BCUT2D eigenvalue weighted by Gasteiger charge is -2.50. The molecule has 0 aromatic rings.